The highest BCUT2D eigenvalue weighted by atomic mass is 35.5. The third-order valence-corrected chi connectivity index (χ3v) is 2.07. The van der Waals surface area contributed by atoms with Crippen LogP contribution in [0.3, 0.4) is 0 Å². The predicted octanol–water partition coefficient (Wildman–Crippen LogP) is -2.66. The molecule has 0 saturated heterocycles. The van der Waals surface area contributed by atoms with E-state index in [1.165, 1.54) is 5.69 Å². The zero-order chi connectivity index (χ0) is 6.69. The molecule has 0 radical (unpaired) electrons. The quantitative estimate of drug-likeness (QED) is 0.493. The van der Waals surface area contributed by atoms with Crippen molar-refractivity contribution < 1.29 is 22.1 Å². The number of rotatable bonds is 2. The van der Waals surface area contributed by atoms with Crippen LogP contribution in [-0.4, -0.2) is 11.7 Å². The molecule has 1 heterocycles. The monoisotopic (exact) mass is 179 g/mol. The first-order valence-corrected chi connectivity index (χ1v) is 3.82. The van der Waals surface area contributed by atoms with Crippen molar-refractivity contribution in [1.29, 1.82) is 0 Å². The maximum absolute atomic E-state index is 8.55. The Morgan fingerprint density at radius 3 is 2.80 bits per heavy atom. The summed E-state index contributed by atoms with van der Waals surface area (Å²) in [6.45, 7) is 2.98. The highest BCUT2D eigenvalue weighted by Crippen LogP contribution is 1.95. The molecule has 0 aliphatic heterocycles. The summed E-state index contributed by atoms with van der Waals surface area (Å²) in [6, 6.07) is 0. The number of hydrogen-bond donors (Lipinski definition) is 1. The lowest BCUT2D eigenvalue weighted by molar-refractivity contribution is -0.699. The van der Waals surface area contributed by atoms with Crippen LogP contribution in [0.1, 0.15) is 5.69 Å². The third kappa shape index (κ3) is 2.25. The molecular formula is C6H10ClNOS. The zero-order valence-electron chi connectivity index (χ0n) is 5.75. The van der Waals surface area contributed by atoms with E-state index in [2.05, 4.69) is 5.38 Å². The van der Waals surface area contributed by atoms with Crippen molar-refractivity contribution in [3.05, 3.63) is 16.6 Å². The highest BCUT2D eigenvalue weighted by Gasteiger charge is 2.03. The van der Waals surface area contributed by atoms with Gasteiger partial charge in [-0.05, 0) is 0 Å². The second-order valence-electron chi connectivity index (χ2n) is 1.92. The third-order valence-electron chi connectivity index (χ3n) is 1.22. The van der Waals surface area contributed by atoms with Crippen LogP contribution in [0.2, 0.25) is 0 Å². The fourth-order valence-corrected chi connectivity index (χ4v) is 1.50. The molecule has 0 bridgehead atoms. The van der Waals surface area contributed by atoms with Gasteiger partial charge in [0.25, 0.3) is 0 Å². The van der Waals surface area contributed by atoms with Gasteiger partial charge in [-0.15, -0.1) is 0 Å². The van der Waals surface area contributed by atoms with E-state index in [1.807, 2.05) is 17.0 Å². The van der Waals surface area contributed by atoms with Gasteiger partial charge in [0.1, 0.15) is 6.61 Å². The number of nitrogens with zero attached hydrogens (tertiary/aromatic N) is 1. The van der Waals surface area contributed by atoms with E-state index >= 15 is 0 Å². The predicted molar refractivity (Wildman–Crippen MR) is 36.3 cm³/mol. The largest absolute Gasteiger partial charge is 1.00 e. The molecule has 1 N–H and O–H groups in total. The minimum absolute atomic E-state index is 0. The average Bonchev–Trinajstić information content (AvgIpc) is 2.18. The molecule has 1 aromatic rings. The van der Waals surface area contributed by atoms with Gasteiger partial charge in [0.05, 0.1) is 5.38 Å². The molecule has 0 spiro atoms. The molecular weight excluding hydrogens is 170 g/mol. The Morgan fingerprint density at radius 2 is 2.40 bits per heavy atom. The van der Waals surface area contributed by atoms with Gasteiger partial charge in [-0.1, -0.05) is 11.3 Å². The number of aryl methyl sites for hydroxylation is 1. The minimum atomic E-state index is 0. The first kappa shape index (κ1) is 9.88. The second kappa shape index (κ2) is 4.66. The first-order valence-electron chi connectivity index (χ1n) is 2.87. The van der Waals surface area contributed by atoms with Crippen LogP contribution in [0.5, 0.6) is 0 Å². The average molecular weight is 180 g/mol. The van der Waals surface area contributed by atoms with E-state index in [0.29, 0.717) is 0 Å². The van der Waals surface area contributed by atoms with Gasteiger partial charge in [0, 0.05) is 6.92 Å². The second-order valence-corrected chi connectivity index (χ2v) is 2.64. The number of aromatic nitrogens is 1. The van der Waals surface area contributed by atoms with E-state index in [0.717, 1.165) is 6.54 Å². The van der Waals surface area contributed by atoms with Gasteiger partial charge < -0.3 is 17.5 Å². The molecule has 0 atom stereocenters. The molecule has 0 aromatic carbocycles. The maximum Gasteiger partial charge on any atom is 0.225 e. The summed E-state index contributed by atoms with van der Waals surface area (Å²) in [5.74, 6) is 0. The van der Waals surface area contributed by atoms with Crippen LogP contribution in [0, 0.1) is 6.92 Å². The van der Waals surface area contributed by atoms with Crippen LogP contribution >= 0.6 is 11.3 Å². The van der Waals surface area contributed by atoms with Crippen LogP contribution in [0.25, 0.3) is 0 Å². The number of thiazole rings is 1. The van der Waals surface area contributed by atoms with Gasteiger partial charge in [0.2, 0.25) is 5.51 Å². The van der Waals surface area contributed by atoms with E-state index < -0.39 is 0 Å². The summed E-state index contributed by atoms with van der Waals surface area (Å²) in [4.78, 5) is 0. The summed E-state index contributed by atoms with van der Waals surface area (Å²) in [6.07, 6.45) is 0. The summed E-state index contributed by atoms with van der Waals surface area (Å²) in [5.41, 5.74) is 3.22. The molecule has 0 aliphatic rings. The molecule has 1 aromatic heterocycles. The SMILES string of the molecule is Cc1csc[n+]1CCO.[Cl-]. The molecule has 0 aliphatic carbocycles. The Labute approximate surface area is 70.5 Å². The first-order chi connectivity index (χ1) is 4.34. The lowest BCUT2D eigenvalue weighted by Crippen LogP contribution is -3.00. The number of hydrogen-bond acceptors (Lipinski definition) is 2. The Hall–Kier alpha value is -0.120. The number of aliphatic hydroxyl groups is 1. The van der Waals surface area contributed by atoms with E-state index in [4.69, 9.17) is 5.11 Å². The van der Waals surface area contributed by atoms with E-state index in [9.17, 15) is 0 Å². The molecule has 2 nitrogen and oxygen atoms in total. The molecule has 0 amide bonds. The zero-order valence-corrected chi connectivity index (χ0v) is 7.32. The molecule has 0 saturated carbocycles. The van der Waals surface area contributed by atoms with E-state index in [-0.39, 0.29) is 19.0 Å². The van der Waals surface area contributed by atoms with Crippen molar-refractivity contribution in [3.8, 4) is 0 Å². The fourth-order valence-electron chi connectivity index (χ4n) is 0.690. The van der Waals surface area contributed by atoms with Crippen molar-refractivity contribution in [2.45, 2.75) is 13.5 Å². The van der Waals surface area contributed by atoms with Crippen LogP contribution in [0.15, 0.2) is 10.9 Å². The lowest BCUT2D eigenvalue weighted by Gasteiger charge is -1.87. The van der Waals surface area contributed by atoms with Crippen molar-refractivity contribution in [2.24, 2.45) is 0 Å². The van der Waals surface area contributed by atoms with E-state index in [1.54, 1.807) is 11.3 Å². The van der Waals surface area contributed by atoms with Crippen LogP contribution in [-0.2, 0) is 6.54 Å². The van der Waals surface area contributed by atoms with Crippen molar-refractivity contribution in [2.75, 3.05) is 6.61 Å². The normalized spacial score (nSPS) is 9.00. The molecule has 0 fully saturated rings. The van der Waals surface area contributed by atoms with Gasteiger partial charge in [-0.3, -0.25) is 0 Å². The van der Waals surface area contributed by atoms with Gasteiger partial charge >= 0.3 is 0 Å². The molecule has 10 heavy (non-hydrogen) atoms. The summed E-state index contributed by atoms with van der Waals surface area (Å²) < 4.78 is 2.03. The maximum atomic E-state index is 8.55. The highest BCUT2D eigenvalue weighted by molar-refractivity contribution is 7.07. The lowest BCUT2D eigenvalue weighted by atomic mass is 10.5. The molecule has 4 heteroatoms. The van der Waals surface area contributed by atoms with Crippen LogP contribution < -0.4 is 17.0 Å². The molecule has 58 valence electrons. The minimum Gasteiger partial charge on any atom is -1.00 e. The van der Waals surface area contributed by atoms with Crippen molar-refractivity contribution in [1.82, 2.24) is 0 Å². The van der Waals surface area contributed by atoms with Gasteiger partial charge in [-0.25, -0.2) is 0 Å². The Kier molecular flexibility index (Phi) is 4.60. The summed E-state index contributed by atoms with van der Waals surface area (Å²) in [7, 11) is 0. The number of aliphatic hydroxyl groups excluding tert-OH is 1. The Bertz CT molecular complexity index is 190. The summed E-state index contributed by atoms with van der Waals surface area (Å²) in [5, 5.41) is 10.6. The standard InChI is InChI=1S/C6H10NOS.ClH/c1-6-4-9-5-7(6)2-3-8;/h4-5,8H,2-3H2,1H3;1H/q+1;/p-1. The van der Waals surface area contributed by atoms with Gasteiger partial charge in [-0.2, -0.15) is 4.57 Å². The van der Waals surface area contributed by atoms with Crippen molar-refractivity contribution >= 4 is 11.3 Å². The van der Waals surface area contributed by atoms with Crippen molar-refractivity contribution in [3.63, 3.8) is 0 Å². The fraction of sp³-hybridized carbons (Fsp3) is 0.500. The molecule has 0 unspecified atom stereocenters. The summed E-state index contributed by atoms with van der Waals surface area (Å²) >= 11 is 1.66. The topological polar surface area (TPSA) is 24.1 Å². The van der Waals surface area contributed by atoms with Gasteiger partial charge in [0.15, 0.2) is 12.2 Å². The Balaban J connectivity index is 0.000000810. The smallest absolute Gasteiger partial charge is 0.225 e. The molecule has 1 rings (SSSR count). The number of halogens is 1. The Morgan fingerprint density at radius 1 is 1.70 bits per heavy atom. The van der Waals surface area contributed by atoms with Crippen LogP contribution in [0.4, 0.5) is 0 Å².